The molecule has 94 valence electrons. The van der Waals surface area contributed by atoms with Gasteiger partial charge in [-0.3, -0.25) is 0 Å². The van der Waals surface area contributed by atoms with E-state index in [1.807, 2.05) is 24.3 Å². The molecule has 2 rings (SSSR count). The fourth-order valence-corrected chi connectivity index (χ4v) is 4.26. The van der Waals surface area contributed by atoms with Crippen molar-refractivity contribution in [3.63, 3.8) is 0 Å². The first-order chi connectivity index (χ1) is 8.08. The number of nitrogen functional groups attached to an aromatic ring is 1. The highest BCUT2D eigenvalue weighted by atomic mass is 32.2. The van der Waals surface area contributed by atoms with Crippen molar-refractivity contribution < 1.29 is 8.42 Å². The lowest BCUT2D eigenvalue weighted by Gasteiger charge is -2.10. The van der Waals surface area contributed by atoms with E-state index in [9.17, 15) is 8.42 Å². The van der Waals surface area contributed by atoms with Crippen LogP contribution in [-0.4, -0.2) is 19.4 Å². The molecular weight excluding hydrogens is 234 g/mol. The van der Waals surface area contributed by atoms with E-state index in [0.29, 0.717) is 12.1 Å². The first-order valence-electron chi connectivity index (χ1n) is 6.14. The maximum Gasteiger partial charge on any atom is 0.153 e. The minimum atomic E-state index is -2.90. The standard InChI is InChI=1S/C13H19NO2S/c14-12-7-5-11(6-8-12)9-10-17(15,16)13-3-1-2-4-13/h5-8,13H,1-4,9-10,14H2. The fourth-order valence-electron chi connectivity index (χ4n) is 2.36. The van der Waals surface area contributed by atoms with Gasteiger partial charge in [0.05, 0.1) is 11.0 Å². The van der Waals surface area contributed by atoms with E-state index >= 15 is 0 Å². The molecule has 0 saturated heterocycles. The summed E-state index contributed by atoms with van der Waals surface area (Å²) in [4.78, 5) is 0. The molecule has 1 aromatic rings. The second-order valence-corrected chi connectivity index (χ2v) is 7.17. The fraction of sp³-hybridized carbons (Fsp3) is 0.538. The maximum atomic E-state index is 12.0. The zero-order valence-electron chi connectivity index (χ0n) is 9.93. The third-order valence-electron chi connectivity index (χ3n) is 3.47. The Morgan fingerprint density at radius 2 is 1.71 bits per heavy atom. The molecule has 0 unspecified atom stereocenters. The molecule has 17 heavy (non-hydrogen) atoms. The lowest BCUT2D eigenvalue weighted by Crippen LogP contribution is -2.22. The lowest BCUT2D eigenvalue weighted by atomic mass is 10.2. The summed E-state index contributed by atoms with van der Waals surface area (Å²) in [6.45, 7) is 0. The van der Waals surface area contributed by atoms with Gasteiger partial charge in [0.1, 0.15) is 0 Å². The van der Waals surface area contributed by atoms with E-state index in [-0.39, 0.29) is 11.0 Å². The zero-order valence-corrected chi connectivity index (χ0v) is 10.7. The normalized spacial score (nSPS) is 17.4. The van der Waals surface area contributed by atoms with Crippen molar-refractivity contribution in [2.75, 3.05) is 11.5 Å². The van der Waals surface area contributed by atoms with Crippen LogP contribution in [-0.2, 0) is 16.3 Å². The number of sulfone groups is 1. The van der Waals surface area contributed by atoms with Gasteiger partial charge in [-0.05, 0) is 37.0 Å². The monoisotopic (exact) mass is 253 g/mol. The van der Waals surface area contributed by atoms with E-state index in [1.54, 1.807) is 0 Å². The van der Waals surface area contributed by atoms with Crippen LogP contribution >= 0.6 is 0 Å². The Hall–Kier alpha value is -1.03. The largest absolute Gasteiger partial charge is 0.399 e. The topological polar surface area (TPSA) is 60.2 Å². The molecule has 0 heterocycles. The first-order valence-corrected chi connectivity index (χ1v) is 7.85. The number of hydrogen-bond donors (Lipinski definition) is 1. The summed E-state index contributed by atoms with van der Waals surface area (Å²) in [5.74, 6) is 0.265. The molecule has 3 nitrogen and oxygen atoms in total. The van der Waals surface area contributed by atoms with Crippen molar-refractivity contribution >= 4 is 15.5 Å². The lowest BCUT2D eigenvalue weighted by molar-refractivity contribution is 0.579. The Bertz CT molecular complexity index is 459. The van der Waals surface area contributed by atoms with Crippen LogP contribution in [0.2, 0.25) is 0 Å². The Morgan fingerprint density at radius 3 is 2.29 bits per heavy atom. The average Bonchev–Trinajstić information content (AvgIpc) is 2.82. The smallest absolute Gasteiger partial charge is 0.153 e. The Morgan fingerprint density at radius 1 is 1.12 bits per heavy atom. The first kappa shape index (κ1) is 12.4. The highest BCUT2D eigenvalue weighted by Gasteiger charge is 2.27. The summed E-state index contributed by atoms with van der Waals surface area (Å²) >= 11 is 0. The molecule has 0 aromatic heterocycles. The van der Waals surface area contributed by atoms with Crippen molar-refractivity contribution in [3.8, 4) is 0 Å². The summed E-state index contributed by atoms with van der Waals surface area (Å²) in [5.41, 5.74) is 7.35. The number of benzene rings is 1. The van der Waals surface area contributed by atoms with Gasteiger partial charge in [0, 0.05) is 5.69 Å². The van der Waals surface area contributed by atoms with Crippen LogP contribution in [0.4, 0.5) is 5.69 Å². The summed E-state index contributed by atoms with van der Waals surface area (Å²) in [6, 6.07) is 7.44. The van der Waals surface area contributed by atoms with Crippen LogP contribution in [0, 0.1) is 0 Å². The van der Waals surface area contributed by atoms with E-state index in [2.05, 4.69) is 0 Å². The van der Waals surface area contributed by atoms with Crippen LogP contribution in [0.15, 0.2) is 24.3 Å². The second kappa shape index (κ2) is 5.08. The van der Waals surface area contributed by atoms with E-state index in [1.165, 1.54) is 0 Å². The van der Waals surface area contributed by atoms with Gasteiger partial charge in [0.2, 0.25) is 0 Å². The number of anilines is 1. The Balaban J connectivity index is 1.95. The number of aryl methyl sites for hydroxylation is 1. The van der Waals surface area contributed by atoms with Gasteiger partial charge in [-0.25, -0.2) is 8.42 Å². The SMILES string of the molecule is Nc1ccc(CCS(=O)(=O)C2CCCC2)cc1. The van der Waals surface area contributed by atoms with Gasteiger partial charge >= 0.3 is 0 Å². The van der Waals surface area contributed by atoms with Gasteiger partial charge in [-0.1, -0.05) is 25.0 Å². The number of rotatable bonds is 4. The maximum absolute atomic E-state index is 12.0. The molecule has 0 atom stereocenters. The summed E-state index contributed by atoms with van der Waals surface area (Å²) in [5, 5.41) is -0.0868. The van der Waals surface area contributed by atoms with Crippen molar-refractivity contribution in [1.82, 2.24) is 0 Å². The van der Waals surface area contributed by atoms with E-state index in [4.69, 9.17) is 5.73 Å². The summed E-state index contributed by atoms with van der Waals surface area (Å²) < 4.78 is 24.1. The van der Waals surface area contributed by atoms with E-state index < -0.39 is 9.84 Å². The minimum Gasteiger partial charge on any atom is -0.399 e. The Kier molecular flexibility index (Phi) is 3.72. The predicted octanol–water partition coefficient (Wildman–Crippen LogP) is 2.17. The van der Waals surface area contributed by atoms with Crippen LogP contribution in [0.3, 0.4) is 0 Å². The van der Waals surface area contributed by atoms with Gasteiger partial charge in [-0.15, -0.1) is 0 Å². The molecule has 0 bridgehead atoms. The molecule has 0 aliphatic heterocycles. The van der Waals surface area contributed by atoms with Crippen molar-refractivity contribution in [2.24, 2.45) is 0 Å². The summed E-state index contributed by atoms with van der Waals surface area (Å²) in [6.07, 6.45) is 4.42. The molecule has 1 fully saturated rings. The third-order valence-corrected chi connectivity index (χ3v) is 5.73. The van der Waals surface area contributed by atoms with Gasteiger partial charge in [-0.2, -0.15) is 0 Å². The highest BCUT2D eigenvalue weighted by molar-refractivity contribution is 7.92. The molecule has 4 heteroatoms. The second-order valence-electron chi connectivity index (χ2n) is 4.77. The number of nitrogens with two attached hydrogens (primary N) is 1. The zero-order chi connectivity index (χ0) is 12.3. The molecule has 1 aliphatic rings. The number of hydrogen-bond acceptors (Lipinski definition) is 3. The average molecular weight is 253 g/mol. The quantitative estimate of drug-likeness (QED) is 0.837. The van der Waals surface area contributed by atoms with E-state index in [0.717, 1.165) is 31.2 Å². The third kappa shape index (κ3) is 3.22. The molecule has 0 radical (unpaired) electrons. The molecule has 0 spiro atoms. The molecule has 2 N–H and O–H groups in total. The molecule has 1 aliphatic carbocycles. The highest BCUT2D eigenvalue weighted by Crippen LogP contribution is 2.25. The van der Waals surface area contributed by atoms with Gasteiger partial charge < -0.3 is 5.73 Å². The van der Waals surface area contributed by atoms with Gasteiger partial charge in [0.15, 0.2) is 9.84 Å². The van der Waals surface area contributed by atoms with Crippen LogP contribution in [0.25, 0.3) is 0 Å². The minimum absolute atomic E-state index is 0.0868. The van der Waals surface area contributed by atoms with Crippen molar-refractivity contribution in [3.05, 3.63) is 29.8 Å². The van der Waals surface area contributed by atoms with Crippen LogP contribution in [0.5, 0.6) is 0 Å². The Labute approximate surface area is 103 Å². The molecule has 1 aromatic carbocycles. The van der Waals surface area contributed by atoms with Crippen molar-refractivity contribution in [1.29, 1.82) is 0 Å². The summed E-state index contributed by atoms with van der Waals surface area (Å²) in [7, 11) is -2.90. The van der Waals surface area contributed by atoms with Crippen LogP contribution in [0.1, 0.15) is 31.2 Å². The predicted molar refractivity (Wildman–Crippen MR) is 70.6 cm³/mol. The van der Waals surface area contributed by atoms with Crippen molar-refractivity contribution in [2.45, 2.75) is 37.4 Å². The van der Waals surface area contributed by atoms with Crippen LogP contribution < -0.4 is 5.73 Å². The van der Waals surface area contributed by atoms with Gasteiger partial charge in [0.25, 0.3) is 0 Å². The molecule has 0 amide bonds. The molecule has 1 saturated carbocycles. The molecular formula is C13H19NO2S.